The predicted octanol–water partition coefficient (Wildman–Crippen LogP) is 4.28. The SMILES string of the molecule is Cn1cc(-c2cnc3c(c2)NC[C@H]([C@@](C)(NCCc2ccc(C#N)cc2)C2C=CC=CC2)N3)cn1. The molecule has 3 atom stereocenters. The highest BCUT2D eigenvalue weighted by Crippen LogP contribution is 2.35. The van der Waals surface area contributed by atoms with Gasteiger partial charge in [0.2, 0.25) is 0 Å². The zero-order chi connectivity index (χ0) is 24.3. The van der Waals surface area contributed by atoms with Gasteiger partial charge in [-0.2, -0.15) is 10.4 Å². The number of rotatable bonds is 7. The quantitative estimate of drug-likeness (QED) is 0.482. The van der Waals surface area contributed by atoms with Crippen molar-refractivity contribution in [1.29, 1.82) is 5.26 Å². The van der Waals surface area contributed by atoms with Crippen LogP contribution in [0, 0.1) is 17.2 Å². The number of nitriles is 1. The number of aromatic nitrogens is 3. The highest BCUT2D eigenvalue weighted by Gasteiger charge is 2.41. The fraction of sp³-hybridized carbons (Fsp3) is 0.321. The van der Waals surface area contributed by atoms with Crippen LogP contribution >= 0.6 is 0 Å². The second-order valence-electron chi connectivity index (χ2n) is 9.52. The maximum absolute atomic E-state index is 9.05. The molecule has 1 unspecified atom stereocenters. The summed E-state index contributed by atoms with van der Waals surface area (Å²) in [5, 5.41) is 24.6. The Labute approximate surface area is 206 Å². The molecule has 0 bridgehead atoms. The van der Waals surface area contributed by atoms with Crippen LogP contribution in [0.15, 0.2) is 73.2 Å². The molecule has 0 saturated carbocycles. The van der Waals surface area contributed by atoms with Crippen molar-refractivity contribution in [3.63, 3.8) is 0 Å². The molecule has 1 aromatic carbocycles. The lowest BCUT2D eigenvalue weighted by molar-refractivity contribution is 0.236. The molecule has 7 heteroatoms. The Bertz CT molecular complexity index is 1280. The van der Waals surface area contributed by atoms with Gasteiger partial charge in [-0.05, 0) is 50.1 Å². The summed E-state index contributed by atoms with van der Waals surface area (Å²) in [6, 6.07) is 12.3. The number of hydrogen-bond acceptors (Lipinski definition) is 6. The third-order valence-electron chi connectivity index (χ3n) is 7.21. The van der Waals surface area contributed by atoms with Crippen molar-refractivity contribution in [2.24, 2.45) is 13.0 Å². The molecule has 1 aliphatic heterocycles. The van der Waals surface area contributed by atoms with Crippen LogP contribution in [0.2, 0.25) is 0 Å². The van der Waals surface area contributed by atoms with Gasteiger partial charge in [0, 0.05) is 48.6 Å². The summed E-state index contributed by atoms with van der Waals surface area (Å²) in [7, 11) is 1.92. The molecule has 0 fully saturated rings. The zero-order valence-corrected chi connectivity index (χ0v) is 20.2. The van der Waals surface area contributed by atoms with Gasteiger partial charge in [0.1, 0.15) is 5.82 Å². The summed E-state index contributed by atoms with van der Waals surface area (Å²) >= 11 is 0. The van der Waals surface area contributed by atoms with E-state index in [1.165, 1.54) is 5.56 Å². The van der Waals surface area contributed by atoms with Crippen molar-refractivity contribution in [3.05, 3.63) is 84.4 Å². The van der Waals surface area contributed by atoms with E-state index in [9.17, 15) is 0 Å². The maximum Gasteiger partial charge on any atom is 0.149 e. The molecule has 3 heterocycles. The predicted molar refractivity (Wildman–Crippen MR) is 140 cm³/mol. The fourth-order valence-corrected chi connectivity index (χ4v) is 4.99. The van der Waals surface area contributed by atoms with E-state index in [4.69, 9.17) is 10.2 Å². The van der Waals surface area contributed by atoms with Crippen molar-refractivity contribution in [3.8, 4) is 17.2 Å². The van der Waals surface area contributed by atoms with Crippen molar-refractivity contribution in [2.75, 3.05) is 23.7 Å². The lowest BCUT2D eigenvalue weighted by Gasteiger charge is -2.46. The molecule has 7 nitrogen and oxygen atoms in total. The number of hydrogen-bond donors (Lipinski definition) is 3. The Morgan fingerprint density at radius 1 is 1.20 bits per heavy atom. The van der Waals surface area contributed by atoms with Crippen LogP contribution in [0.5, 0.6) is 0 Å². The van der Waals surface area contributed by atoms with E-state index >= 15 is 0 Å². The minimum atomic E-state index is -0.192. The molecule has 1 aliphatic carbocycles. The van der Waals surface area contributed by atoms with Crippen LogP contribution in [-0.2, 0) is 13.5 Å². The Morgan fingerprint density at radius 2 is 2.06 bits per heavy atom. The molecule has 0 saturated heterocycles. The van der Waals surface area contributed by atoms with Gasteiger partial charge in [-0.25, -0.2) is 4.98 Å². The van der Waals surface area contributed by atoms with Gasteiger partial charge in [0.25, 0.3) is 0 Å². The van der Waals surface area contributed by atoms with Crippen LogP contribution in [0.4, 0.5) is 11.5 Å². The van der Waals surface area contributed by atoms with Gasteiger partial charge in [0.05, 0.1) is 29.6 Å². The average molecular weight is 466 g/mol. The first-order chi connectivity index (χ1) is 17.0. The van der Waals surface area contributed by atoms with Crippen LogP contribution < -0.4 is 16.0 Å². The number of nitrogens with one attached hydrogen (secondary N) is 3. The van der Waals surface area contributed by atoms with Gasteiger partial charge in [0.15, 0.2) is 0 Å². The van der Waals surface area contributed by atoms with Gasteiger partial charge >= 0.3 is 0 Å². The molecule has 0 amide bonds. The van der Waals surface area contributed by atoms with E-state index < -0.39 is 0 Å². The summed E-state index contributed by atoms with van der Waals surface area (Å²) in [4.78, 5) is 4.76. The Hall–Kier alpha value is -3.89. The van der Waals surface area contributed by atoms with E-state index in [1.807, 2.05) is 49.9 Å². The number of benzene rings is 1. The van der Waals surface area contributed by atoms with Crippen molar-refractivity contribution in [2.45, 2.75) is 31.3 Å². The van der Waals surface area contributed by atoms with Crippen LogP contribution in [0.1, 0.15) is 24.5 Å². The van der Waals surface area contributed by atoms with Crippen molar-refractivity contribution in [1.82, 2.24) is 20.1 Å². The lowest BCUT2D eigenvalue weighted by atomic mass is 9.75. The number of allylic oxidation sites excluding steroid dienone is 3. The van der Waals surface area contributed by atoms with Gasteiger partial charge < -0.3 is 16.0 Å². The van der Waals surface area contributed by atoms with Crippen LogP contribution in [-0.4, -0.2) is 39.4 Å². The van der Waals surface area contributed by atoms with E-state index in [0.29, 0.717) is 11.5 Å². The monoisotopic (exact) mass is 465 g/mol. The summed E-state index contributed by atoms with van der Waals surface area (Å²) in [6.45, 7) is 3.95. The molecule has 3 aromatic rings. The molecule has 2 aliphatic rings. The highest BCUT2D eigenvalue weighted by molar-refractivity contribution is 5.75. The summed E-state index contributed by atoms with van der Waals surface area (Å²) in [5.41, 5.74) is 4.85. The van der Waals surface area contributed by atoms with E-state index in [1.54, 1.807) is 4.68 Å². The minimum Gasteiger partial charge on any atom is -0.380 e. The van der Waals surface area contributed by atoms with Crippen LogP contribution in [0.3, 0.4) is 0 Å². The summed E-state index contributed by atoms with van der Waals surface area (Å²) in [6.07, 6.45) is 16.5. The van der Waals surface area contributed by atoms with Gasteiger partial charge in [-0.3, -0.25) is 4.68 Å². The Morgan fingerprint density at radius 3 is 2.77 bits per heavy atom. The average Bonchev–Trinajstić information content (AvgIpc) is 3.35. The standard InChI is InChI=1S/C28H31N7/c1-28(24-6-4-3-5-7-24,32-13-12-20-8-10-21(15-29)11-9-20)26-18-30-25-14-22(16-31-27(25)34-26)23-17-33-35(2)19-23/h3-6,8-11,14,16-17,19,24,26,30,32H,7,12-13,18H2,1-2H3,(H,31,34)/t24?,26-,28+/m1/s1. The first-order valence-electron chi connectivity index (χ1n) is 12.1. The maximum atomic E-state index is 9.05. The van der Waals surface area contributed by atoms with E-state index in [2.05, 4.69) is 64.4 Å². The highest BCUT2D eigenvalue weighted by atomic mass is 15.2. The third-order valence-corrected chi connectivity index (χ3v) is 7.21. The van der Waals surface area contributed by atoms with E-state index in [-0.39, 0.29) is 11.6 Å². The first-order valence-corrected chi connectivity index (χ1v) is 12.1. The normalized spacial score (nSPS) is 20.3. The van der Waals surface area contributed by atoms with Crippen molar-refractivity contribution < 1.29 is 0 Å². The topological polar surface area (TPSA) is 90.6 Å². The summed E-state index contributed by atoms with van der Waals surface area (Å²) in [5.74, 6) is 1.23. The molecule has 0 radical (unpaired) electrons. The number of fused-ring (bicyclic) bond motifs is 1. The minimum absolute atomic E-state index is 0.147. The van der Waals surface area contributed by atoms with Gasteiger partial charge in [-0.15, -0.1) is 0 Å². The number of pyridine rings is 1. The molecule has 35 heavy (non-hydrogen) atoms. The van der Waals surface area contributed by atoms with Gasteiger partial charge in [-0.1, -0.05) is 36.4 Å². The zero-order valence-electron chi connectivity index (χ0n) is 20.2. The summed E-state index contributed by atoms with van der Waals surface area (Å²) < 4.78 is 1.80. The first kappa shape index (κ1) is 22.9. The number of aryl methyl sites for hydroxylation is 1. The second-order valence-corrected chi connectivity index (χ2v) is 9.52. The largest absolute Gasteiger partial charge is 0.380 e. The number of anilines is 2. The smallest absolute Gasteiger partial charge is 0.149 e. The molecule has 5 rings (SSSR count). The van der Waals surface area contributed by atoms with Crippen LogP contribution in [0.25, 0.3) is 11.1 Å². The van der Waals surface area contributed by atoms with E-state index in [0.717, 1.165) is 48.6 Å². The van der Waals surface area contributed by atoms with Crippen molar-refractivity contribution >= 4 is 11.5 Å². The Kier molecular flexibility index (Phi) is 6.39. The molecule has 178 valence electrons. The second kappa shape index (κ2) is 9.77. The molecular weight excluding hydrogens is 434 g/mol. The third kappa shape index (κ3) is 4.84. The molecule has 0 spiro atoms. The lowest BCUT2D eigenvalue weighted by Crippen LogP contribution is -2.63. The molecule has 2 aromatic heterocycles. The molecule has 3 N–H and O–H groups in total. The molecular formula is C28H31N7. The fourth-order valence-electron chi connectivity index (χ4n) is 4.99. The number of nitrogens with zero attached hydrogens (tertiary/aromatic N) is 4. The Balaban J connectivity index is 1.33.